The molecule has 2 aromatic heterocycles. The van der Waals surface area contributed by atoms with E-state index in [1.165, 1.54) is 7.11 Å². The summed E-state index contributed by atoms with van der Waals surface area (Å²) in [5.74, 6) is 0.141. The van der Waals surface area contributed by atoms with Crippen LogP contribution >= 0.6 is 0 Å². The number of methoxy groups -OCH3 is 1. The van der Waals surface area contributed by atoms with E-state index in [0.717, 1.165) is 33.8 Å². The zero-order valence-corrected chi connectivity index (χ0v) is 15.2. The third-order valence-electron chi connectivity index (χ3n) is 4.43. The number of carbonyl (C=O) groups excluding carboxylic acids is 1. The number of nitrogens with one attached hydrogen (secondary N) is 3. The second-order valence-corrected chi connectivity index (χ2v) is 6.14. The molecule has 0 radical (unpaired) electrons. The largest absolute Gasteiger partial charge is 0.495 e. The van der Waals surface area contributed by atoms with Crippen LogP contribution in [0.5, 0.6) is 5.75 Å². The highest BCUT2D eigenvalue weighted by Crippen LogP contribution is 2.32. The first kappa shape index (κ1) is 17.5. The van der Waals surface area contributed by atoms with Gasteiger partial charge in [-0.3, -0.25) is 9.89 Å². The number of hydrogen-bond donors (Lipinski definition) is 3. The minimum Gasteiger partial charge on any atom is -0.495 e. The molecule has 2 heterocycles. The Bertz CT molecular complexity index is 1200. The topological polar surface area (TPSA) is 104 Å². The zero-order valence-electron chi connectivity index (χ0n) is 15.2. The number of fused-ring (bicyclic) bond motifs is 2. The van der Waals surface area contributed by atoms with Crippen molar-refractivity contribution in [3.8, 4) is 5.75 Å². The number of benzene rings is 2. The van der Waals surface area contributed by atoms with Crippen LogP contribution in [-0.2, 0) is 0 Å². The van der Waals surface area contributed by atoms with E-state index in [1.54, 1.807) is 18.4 Å². The number of amides is 1. The quantitative estimate of drug-likeness (QED) is 0.446. The Morgan fingerprint density at radius 2 is 2.18 bits per heavy atom. The number of aromatic amines is 1. The Morgan fingerprint density at radius 1 is 1.29 bits per heavy atom. The highest BCUT2D eigenvalue weighted by molar-refractivity contribution is 6.05. The summed E-state index contributed by atoms with van der Waals surface area (Å²) >= 11 is 0. The van der Waals surface area contributed by atoms with Crippen LogP contribution in [-0.4, -0.2) is 36.0 Å². The van der Waals surface area contributed by atoms with Gasteiger partial charge in [-0.15, -0.1) is 0 Å². The summed E-state index contributed by atoms with van der Waals surface area (Å²) in [5.41, 5.74) is 3.68. The van der Waals surface area contributed by atoms with E-state index < -0.39 is 0 Å². The average Bonchev–Trinajstić information content (AvgIpc) is 3.35. The summed E-state index contributed by atoms with van der Waals surface area (Å²) in [6, 6.07) is 11.3. The number of hydrogen-bond acceptors (Lipinski definition) is 5. The van der Waals surface area contributed by atoms with Gasteiger partial charge in [-0.2, -0.15) is 5.10 Å². The Balaban J connectivity index is 1.74. The van der Waals surface area contributed by atoms with Crippen molar-refractivity contribution in [3.63, 3.8) is 0 Å². The van der Waals surface area contributed by atoms with Gasteiger partial charge in [-0.05, 0) is 42.0 Å². The smallest absolute Gasteiger partial charge is 0.255 e. The molecule has 7 nitrogen and oxygen atoms in total. The number of aromatic nitrogens is 2. The molecule has 0 aliphatic rings. The highest BCUT2D eigenvalue weighted by Gasteiger charge is 2.18. The molecular weight excluding hydrogens is 356 g/mol. The van der Waals surface area contributed by atoms with Crippen LogP contribution in [0.4, 0.5) is 0 Å². The standard InChI is InChI=1S/C21H18N4O3/c1-27-20-15(21(26)23-10-9-22)4-6-17-19(20)16(24-25-17)5-2-13-3-7-18-14(12-13)8-11-28-18/h2-9,11-12,22H,10H2,1H3,(H,23,26)(H,24,25)/b5-2+,22-9?. The van der Waals surface area contributed by atoms with Gasteiger partial charge in [-0.1, -0.05) is 12.1 Å². The molecule has 3 N–H and O–H groups in total. The summed E-state index contributed by atoms with van der Waals surface area (Å²) in [7, 11) is 1.52. The van der Waals surface area contributed by atoms with E-state index in [1.807, 2.05) is 36.4 Å². The van der Waals surface area contributed by atoms with Crippen LogP contribution in [0.1, 0.15) is 21.6 Å². The lowest BCUT2D eigenvalue weighted by molar-refractivity contribution is 0.0957. The van der Waals surface area contributed by atoms with Crippen molar-refractivity contribution in [2.45, 2.75) is 0 Å². The van der Waals surface area contributed by atoms with E-state index in [-0.39, 0.29) is 12.5 Å². The number of rotatable bonds is 6. The summed E-state index contributed by atoms with van der Waals surface area (Å²) in [6.07, 6.45) is 6.65. The van der Waals surface area contributed by atoms with E-state index in [0.29, 0.717) is 16.8 Å². The Kier molecular flexibility index (Phi) is 4.63. The van der Waals surface area contributed by atoms with Gasteiger partial charge in [0.2, 0.25) is 0 Å². The van der Waals surface area contributed by atoms with E-state index in [2.05, 4.69) is 15.5 Å². The number of nitrogens with zero attached hydrogens (tertiary/aromatic N) is 1. The molecule has 0 bridgehead atoms. The second-order valence-electron chi connectivity index (χ2n) is 6.14. The van der Waals surface area contributed by atoms with Gasteiger partial charge in [0, 0.05) is 11.6 Å². The molecule has 0 atom stereocenters. The molecule has 0 aliphatic heterocycles. The summed E-state index contributed by atoms with van der Waals surface area (Å²) in [5, 5.41) is 18.8. The highest BCUT2D eigenvalue weighted by atomic mass is 16.5. The van der Waals surface area contributed by atoms with E-state index in [4.69, 9.17) is 14.6 Å². The molecule has 7 heteroatoms. The summed E-state index contributed by atoms with van der Waals surface area (Å²) in [4.78, 5) is 12.4. The Labute approximate surface area is 160 Å². The predicted molar refractivity (Wildman–Crippen MR) is 109 cm³/mol. The van der Waals surface area contributed by atoms with Crippen molar-refractivity contribution in [1.82, 2.24) is 15.5 Å². The fourth-order valence-electron chi connectivity index (χ4n) is 3.12. The molecule has 0 saturated heterocycles. The van der Waals surface area contributed by atoms with Crippen LogP contribution in [0, 0.1) is 5.41 Å². The second kappa shape index (κ2) is 7.40. The molecule has 0 unspecified atom stereocenters. The van der Waals surface area contributed by atoms with Gasteiger partial charge < -0.3 is 19.9 Å². The van der Waals surface area contributed by atoms with Crippen molar-refractivity contribution in [1.29, 1.82) is 5.41 Å². The molecule has 1 amide bonds. The normalized spacial score (nSPS) is 11.3. The van der Waals surface area contributed by atoms with Gasteiger partial charge >= 0.3 is 0 Å². The molecule has 0 fully saturated rings. The van der Waals surface area contributed by atoms with E-state index in [9.17, 15) is 4.79 Å². The maximum atomic E-state index is 12.4. The lowest BCUT2D eigenvalue weighted by Crippen LogP contribution is -2.25. The molecule has 0 spiro atoms. The van der Waals surface area contributed by atoms with Gasteiger partial charge in [0.05, 0.1) is 42.1 Å². The lowest BCUT2D eigenvalue weighted by Gasteiger charge is -2.09. The van der Waals surface area contributed by atoms with Crippen LogP contribution < -0.4 is 10.1 Å². The molecule has 4 rings (SSSR count). The first-order valence-electron chi connectivity index (χ1n) is 8.69. The fourth-order valence-corrected chi connectivity index (χ4v) is 3.12. The molecule has 4 aromatic rings. The SMILES string of the molecule is COc1c(C(=O)NCC=N)ccc2n[nH]c(/C=C/c3ccc4occc4c3)c12. The van der Waals surface area contributed by atoms with Crippen LogP contribution in [0.3, 0.4) is 0 Å². The Hall–Kier alpha value is -3.87. The third-order valence-corrected chi connectivity index (χ3v) is 4.43. The number of furan rings is 1. The van der Waals surface area contributed by atoms with Crippen LogP contribution in [0.15, 0.2) is 47.1 Å². The molecule has 140 valence electrons. The van der Waals surface area contributed by atoms with Crippen molar-refractivity contribution >= 4 is 46.1 Å². The molecular formula is C21H18N4O3. The van der Waals surface area contributed by atoms with Crippen molar-refractivity contribution in [3.05, 3.63) is 59.5 Å². The van der Waals surface area contributed by atoms with Gasteiger partial charge in [0.1, 0.15) is 11.3 Å². The molecule has 2 aromatic carbocycles. The van der Waals surface area contributed by atoms with Crippen molar-refractivity contribution < 1.29 is 13.9 Å². The predicted octanol–water partition coefficient (Wildman–Crippen LogP) is 3.87. The summed E-state index contributed by atoms with van der Waals surface area (Å²) in [6.45, 7) is 0.161. The molecule has 0 saturated carbocycles. The minimum atomic E-state index is -0.302. The Morgan fingerprint density at radius 3 is 3.00 bits per heavy atom. The number of H-pyrrole nitrogens is 1. The maximum absolute atomic E-state index is 12.4. The van der Waals surface area contributed by atoms with Crippen molar-refractivity contribution in [2.24, 2.45) is 0 Å². The van der Waals surface area contributed by atoms with Crippen molar-refractivity contribution in [2.75, 3.05) is 13.7 Å². The van der Waals surface area contributed by atoms with Crippen LogP contribution in [0.2, 0.25) is 0 Å². The molecule has 28 heavy (non-hydrogen) atoms. The average molecular weight is 374 g/mol. The number of ether oxygens (including phenoxy) is 1. The third kappa shape index (κ3) is 3.14. The fraction of sp³-hybridized carbons (Fsp3) is 0.0952. The molecule has 0 aliphatic carbocycles. The number of carbonyl (C=O) groups is 1. The minimum absolute atomic E-state index is 0.161. The van der Waals surface area contributed by atoms with Gasteiger partial charge in [-0.25, -0.2) is 0 Å². The van der Waals surface area contributed by atoms with Gasteiger partial charge in [0.25, 0.3) is 5.91 Å². The zero-order chi connectivity index (χ0) is 19.5. The summed E-state index contributed by atoms with van der Waals surface area (Å²) < 4.78 is 10.9. The monoisotopic (exact) mass is 374 g/mol. The van der Waals surface area contributed by atoms with Gasteiger partial charge in [0.15, 0.2) is 0 Å². The van der Waals surface area contributed by atoms with E-state index >= 15 is 0 Å². The lowest BCUT2D eigenvalue weighted by atomic mass is 10.1. The van der Waals surface area contributed by atoms with Crippen LogP contribution in [0.25, 0.3) is 34.0 Å². The maximum Gasteiger partial charge on any atom is 0.255 e. The first-order chi connectivity index (χ1) is 13.7. The first-order valence-corrected chi connectivity index (χ1v) is 8.69.